The first kappa shape index (κ1) is 23.5. The number of hydrogen-bond acceptors (Lipinski definition) is 5. The summed E-state index contributed by atoms with van der Waals surface area (Å²) in [4.78, 5) is 40.7. The highest BCUT2D eigenvalue weighted by Gasteiger charge is 2.33. The summed E-state index contributed by atoms with van der Waals surface area (Å²) in [5.41, 5.74) is 0.158. The van der Waals surface area contributed by atoms with Gasteiger partial charge in [0.05, 0.1) is 18.0 Å². The second kappa shape index (κ2) is 9.66. The van der Waals surface area contributed by atoms with Crippen LogP contribution < -0.4 is 20.7 Å². The largest absolute Gasteiger partial charge is 0.493 e. The van der Waals surface area contributed by atoms with Crippen LogP contribution in [0.4, 0.5) is 8.78 Å². The number of para-hydroxylation sites is 1. The van der Waals surface area contributed by atoms with Crippen LogP contribution in [-0.2, 0) is 24.4 Å². The van der Waals surface area contributed by atoms with E-state index in [-0.39, 0.29) is 48.6 Å². The first-order valence-electron chi connectivity index (χ1n) is 11.0. The predicted molar refractivity (Wildman–Crippen MR) is 121 cm³/mol. The van der Waals surface area contributed by atoms with Crippen LogP contribution in [0.15, 0.2) is 52.1 Å². The van der Waals surface area contributed by atoms with Gasteiger partial charge in [-0.2, -0.15) is 8.78 Å². The van der Waals surface area contributed by atoms with Crippen molar-refractivity contribution >= 4 is 16.8 Å². The van der Waals surface area contributed by atoms with Crippen molar-refractivity contribution < 1.29 is 23.0 Å². The number of methoxy groups -OCH3 is 1. The SMILES string of the molecule is CCn1c(=O)c2ccccc2n(CC(=O)N(Cc2ccc(OC(F)F)c(OC)c2)C2CC2)c1=O. The summed E-state index contributed by atoms with van der Waals surface area (Å²) < 4.78 is 37.3. The van der Waals surface area contributed by atoms with Gasteiger partial charge in [-0.05, 0) is 49.6 Å². The lowest BCUT2D eigenvalue weighted by atomic mass is 10.1. The molecule has 180 valence electrons. The van der Waals surface area contributed by atoms with Gasteiger partial charge >= 0.3 is 12.3 Å². The molecule has 1 amide bonds. The molecule has 2 aromatic carbocycles. The first-order chi connectivity index (χ1) is 16.3. The van der Waals surface area contributed by atoms with E-state index in [4.69, 9.17) is 4.74 Å². The number of carbonyl (C=O) groups excluding carboxylic acids is 1. The third-order valence-corrected chi connectivity index (χ3v) is 5.85. The Hall–Kier alpha value is -3.69. The highest BCUT2D eigenvalue weighted by atomic mass is 19.3. The number of halogens is 2. The number of hydrogen-bond donors (Lipinski definition) is 0. The maximum Gasteiger partial charge on any atom is 0.387 e. The minimum absolute atomic E-state index is 0.0227. The molecule has 4 rings (SSSR count). The summed E-state index contributed by atoms with van der Waals surface area (Å²) in [5.74, 6) is -0.230. The summed E-state index contributed by atoms with van der Waals surface area (Å²) >= 11 is 0. The molecule has 10 heteroatoms. The normalized spacial score (nSPS) is 13.3. The lowest BCUT2D eigenvalue weighted by Crippen LogP contribution is -2.43. The van der Waals surface area contributed by atoms with Crippen molar-refractivity contribution in [3.05, 3.63) is 68.9 Å². The van der Waals surface area contributed by atoms with Gasteiger partial charge in [0.2, 0.25) is 5.91 Å². The first-order valence-corrected chi connectivity index (χ1v) is 11.0. The third kappa shape index (κ3) is 4.66. The third-order valence-electron chi connectivity index (χ3n) is 5.85. The summed E-state index contributed by atoms with van der Waals surface area (Å²) in [6.45, 7) is -1.09. The van der Waals surface area contributed by atoms with Crippen molar-refractivity contribution in [1.29, 1.82) is 0 Å². The predicted octanol–water partition coefficient (Wildman–Crippen LogP) is 2.98. The van der Waals surface area contributed by atoms with Gasteiger partial charge in [0.15, 0.2) is 11.5 Å². The van der Waals surface area contributed by atoms with E-state index < -0.39 is 12.3 Å². The van der Waals surface area contributed by atoms with Crippen LogP contribution in [0.1, 0.15) is 25.3 Å². The molecule has 1 heterocycles. The van der Waals surface area contributed by atoms with E-state index in [1.54, 1.807) is 48.2 Å². The van der Waals surface area contributed by atoms with E-state index in [1.807, 2.05) is 0 Å². The number of benzene rings is 2. The molecule has 1 fully saturated rings. The molecule has 0 radical (unpaired) electrons. The molecule has 1 aromatic heterocycles. The molecule has 0 spiro atoms. The fraction of sp³-hybridized carbons (Fsp3) is 0.375. The molecule has 1 aliphatic rings. The van der Waals surface area contributed by atoms with Gasteiger partial charge in [0.1, 0.15) is 6.54 Å². The summed E-state index contributed by atoms with van der Waals surface area (Å²) in [5, 5.41) is 0.370. The zero-order valence-electron chi connectivity index (χ0n) is 18.9. The van der Waals surface area contributed by atoms with E-state index >= 15 is 0 Å². The zero-order valence-corrected chi connectivity index (χ0v) is 18.9. The molecule has 0 atom stereocenters. The van der Waals surface area contributed by atoms with E-state index in [1.165, 1.54) is 17.7 Å². The minimum atomic E-state index is -2.98. The highest BCUT2D eigenvalue weighted by molar-refractivity contribution is 5.82. The standard InChI is InChI=1S/C24H25F2N3O5/c1-3-27-22(31)17-6-4-5-7-18(17)29(24(27)32)14-21(30)28(16-9-10-16)13-15-8-11-19(34-23(25)26)20(12-15)33-2/h4-8,11-12,16,23H,3,9-10,13-14H2,1-2H3. The van der Waals surface area contributed by atoms with Crippen LogP contribution in [0, 0.1) is 0 Å². The highest BCUT2D eigenvalue weighted by Crippen LogP contribution is 2.33. The molecule has 1 aliphatic carbocycles. The molecular formula is C24H25F2N3O5. The average molecular weight is 473 g/mol. The number of carbonyl (C=O) groups is 1. The lowest BCUT2D eigenvalue weighted by molar-refractivity contribution is -0.133. The smallest absolute Gasteiger partial charge is 0.387 e. The molecule has 3 aromatic rings. The molecule has 0 saturated heterocycles. The van der Waals surface area contributed by atoms with Gasteiger partial charge in [-0.25, -0.2) is 4.79 Å². The Labute approximate surface area is 193 Å². The number of aromatic nitrogens is 2. The Bertz CT molecular complexity index is 1330. The lowest BCUT2D eigenvalue weighted by Gasteiger charge is -2.24. The van der Waals surface area contributed by atoms with Gasteiger partial charge in [-0.1, -0.05) is 18.2 Å². The van der Waals surface area contributed by atoms with E-state index in [0.29, 0.717) is 16.5 Å². The van der Waals surface area contributed by atoms with Crippen LogP contribution in [-0.4, -0.2) is 39.7 Å². The van der Waals surface area contributed by atoms with Crippen LogP contribution >= 0.6 is 0 Å². The van der Waals surface area contributed by atoms with E-state index in [0.717, 1.165) is 17.4 Å². The number of rotatable bonds is 9. The molecule has 8 nitrogen and oxygen atoms in total. The second-order valence-corrected chi connectivity index (χ2v) is 8.05. The fourth-order valence-electron chi connectivity index (χ4n) is 4.04. The van der Waals surface area contributed by atoms with Crippen LogP contribution in [0.25, 0.3) is 10.9 Å². The monoisotopic (exact) mass is 473 g/mol. The molecule has 34 heavy (non-hydrogen) atoms. The number of ether oxygens (including phenoxy) is 2. The number of nitrogens with zero attached hydrogens (tertiary/aromatic N) is 3. The molecule has 1 saturated carbocycles. The Morgan fingerprint density at radius 3 is 2.50 bits per heavy atom. The average Bonchev–Trinajstić information content (AvgIpc) is 3.66. The maximum atomic E-state index is 13.4. The van der Waals surface area contributed by atoms with Crippen LogP contribution in [0.2, 0.25) is 0 Å². The molecule has 0 N–H and O–H groups in total. The van der Waals surface area contributed by atoms with Gasteiger partial charge in [-0.3, -0.25) is 18.7 Å². The van der Waals surface area contributed by atoms with Crippen molar-refractivity contribution in [2.24, 2.45) is 0 Å². The summed E-state index contributed by atoms with van der Waals surface area (Å²) in [6.07, 6.45) is 1.67. The van der Waals surface area contributed by atoms with Gasteiger partial charge in [0, 0.05) is 19.1 Å². The van der Waals surface area contributed by atoms with Crippen molar-refractivity contribution in [3.8, 4) is 11.5 Å². The Balaban J connectivity index is 1.64. The van der Waals surface area contributed by atoms with Crippen molar-refractivity contribution in [2.75, 3.05) is 7.11 Å². The summed E-state index contributed by atoms with van der Waals surface area (Å²) in [7, 11) is 1.35. The maximum absolute atomic E-state index is 13.4. The molecule has 0 aliphatic heterocycles. The number of amides is 1. The van der Waals surface area contributed by atoms with Gasteiger partial charge in [0.25, 0.3) is 5.56 Å². The Morgan fingerprint density at radius 2 is 1.85 bits per heavy atom. The molecule has 0 bridgehead atoms. The second-order valence-electron chi connectivity index (χ2n) is 8.05. The number of fused-ring (bicyclic) bond motifs is 1. The van der Waals surface area contributed by atoms with Gasteiger partial charge in [-0.15, -0.1) is 0 Å². The Kier molecular flexibility index (Phi) is 6.67. The van der Waals surface area contributed by atoms with Crippen LogP contribution in [0.5, 0.6) is 11.5 Å². The fourth-order valence-corrected chi connectivity index (χ4v) is 4.04. The van der Waals surface area contributed by atoms with Crippen molar-refractivity contribution in [1.82, 2.24) is 14.0 Å². The topological polar surface area (TPSA) is 82.8 Å². The summed E-state index contributed by atoms with van der Waals surface area (Å²) in [6, 6.07) is 11.3. The molecule has 0 unspecified atom stereocenters. The minimum Gasteiger partial charge on any atom is -0.493 e. The zero-order chi connectivity index (χ0) is 24.4. The van der Waals surface area contributed by atoms with Crippen LogP contribution in [0.3, 0.4) is 0 Å². The van der Waals surface area contributed by atoms with Crippen molar-refractivity contribution in [3.63, 3.8) is 0 Å². The van der Waals surface area contributed by atoms with E-state index in [2.05, 4.69) is 4.74 Å². The number of alkyl halides is 2. The quantitative estimate of drug-likeness (QED) is 0.477. The van der Waals surface area contributed by atoms with Crippen molar-refractivity contribution in [2.45, 2.75) is 52.1 Å². The molecular weight excluding hydrogens is 448 g/mol. The van der Waals surface area contributed by atoms with Gasteiger partial charge < -0.3 is 14.4 Å². The van der Waals surface area contributed by atoms with E-state index in [9.17, 15) is 23.2 Å². The Morgan fingerprint density at radius 1 is 1.12 bits per heavy atom.